The van der Waals surface area contributed by atoms with Crippen molar-refractivity contribution >= 4 is 27.6 Å². The molecule has 1 aliphatic rings. The number of nitrogens with zero attached hydrogens (tertiary/aromatic N) is 1. The number of aromatic nitrogens is 2. The Morgan fingerprint density at radius 3 is 1.97 bits per heavy atom. The zero-order valence-electron chi connectivity index (χ0n) is 15.9. The standard InChI is InChI=1S/C25H20N4/c1-2-4-21-18(3-1)14-23(28-21)16-5-7-17(8-6-16)24-15-20-13-19(9-10-22(20)29-24)25-26-11-12-27-25/h1-10,13-15,28-29H,11-12H2,(H,26,27). The average Bonchev–Trinajstić information content (AvgIpc) is 3.52. The quantitative estimate of drug-likeness (QED) is 0.391. The van der Waals surface area contributed by atoms with Crippen LogP contribution in [-0.2, 0) is 0 Å². The van der Waals surface area contributed by atoms with E-state index in [9.17, 15) is 0 Å². The van der Waals surface area contributed by atoms with Gasteiger partial charge in [0.15, 0.2) is 0 Å². The second-order valence-electron chi connectivity index (χ2n) is 7.49. The fourth-order valence-corrected chi connectivity index (χ4v) is 4.08. The first kappa shape index (κ1) is 16.2. The van der Waals surface area contributed by atoms with Crippen molar-refractivity contribution in [1.82, 2.24) is 15.3 Å². The molecule has 140 valence electrons. The molecule has 0 amide bonds. The molecule has 0 aliphatic carbocycles. The maximum atomic E-state index is 4.52. The summed E-state index contributed by atoms with van der Waals surface area (Å²) in [5.41, 5.74) is 8.09. The van der Waals surface area contributed by atoms with Gasteiger partial charge in [-0.1, -0.05) is 42.5 Å². The molecule has 3 aromatic carbocycles. The molecule has 0 radical (unpaired) electrons. The molecule has 0 saturated carbocycles. The van der Waals surface area contributed by atoms with Crippen molar-refractivity contribution in [2.24, 2.45) is 4.99 Å². The first-order valence-corrected chi connectivity index (χ1v) is 9.93. The van der Waals surface area contributed by atoms with E-state index in [0.717, 1.165) is 41.4 Å². The summed E-state index contributed by atoms with van der Waals surface area (Å²) in [7, 11) is 0. The van der Waals surface area contributed by atoms with E-state index < -0.39 is 0 Å². The van der Waals surface area contributed by atoms with Gasteiger partial charge in [0.2, 0.25) is 0 Å². The summed E-state index contributed by atoms with van der Waals surface area (Å²) < 4.78 is 0. The van der Waals surface area contributed by atoms with Gasteiger partial charge in [0.25, 0.3) is 0 Å². The van der Waals surface area contributed by atoms with Crippen LogP contribution < -0.4 is 5.32 Å². The van der Waals surface area contributed by atoms with Gasteiger partial charge in [-0.25, -0.2) is 0 Å². The molecule has 0 atom stereocenters. The van der Waals surface area contributed by atoms with Gasteiger partial charge in [0.05, 0.1) is 6.54 Å². The van der Waals surface area contributed by atoms with Crippen molar-refractivity contribution in [1.29, 1.82) is 0 Å². The van der Waals surface area contributed by atoms with Crippen molar-refractivity contribution in [3.63, 3.8) is 0 Å². The number of aromatic amines is 2. The van der Waals surface area contributed by atoms with Crippen molar-refractivity contribution in [2.75, 3.05) is 13.1 Å². The topological polar surface area (TPSA) is 56.0 Å². The Bertz CT molecular complexity index is 1340. The smallest absolute Gasteiger partial charge is 0.128 e. The Balaban J connectivity index is 1.33. The highest BCUT2D eigenvalue weighted by Crippen LogP contribution is 2.29. The molecule has 0 unspecified atom stereocenters. The van der Waals surface area contributed by atoms with E-state index in [0.29, 0.717) is 0 Å². The normalized spacial score (nSPS) is 13.7. The van der Waals surface area contributed by atoms with Crippen LogP contribution in [-0.4, -0.2) is 28.9 Å². The van der Waals surface area contributed by atoms with Crippen molar-refractivity contribution in [3.8, 4) is 22.5 Å². The lowest BCUT2D eigenvalue weighted by molar-refractivity contribution is 0.960. The highest BCUT2D eigenvalue weighted by Gasteiger charge is 2.10. The molecule has 0 spiro atoms. The van der Waals surface area contributed by atoms with Gasteiger partial charge in [-0.05, 0) is 47.5 Å². The van der Waals surface area contributed by atoms with Crippen LogP contribution in [0.5, 0.6) is 0 Å². The van der Waals surface area contributed by atoms with E-state index in [4.69, 9.17) is 0 Å². The molecule has 3 N–H and O–H groups in total. The summed E-state index contributed by atoms with van der Waals surface area (Å²) in [5.74, 6) is 0.998. The molecule has 4 heteroatoms. The molecule has 29 heavy (non-hydrogen) atoms. The monoisotopic (exact) mass is 376 g/mol. The second kappa shape index (κ2) is 6.38. The maximum Gasteiger partial charge on any atom is 0.128 e. The van der Waals surface area contributed by atoms with E-state index in [1.165, 1.54) is 27.4 Å². The van der Waals surface area contributed by atoms with Gasteiger partial charge in [-0.3, -0.25) is 4.99 Å². The summed E-state index contributed by atoms with van der Waals surface area (Å²) in [6.45, 7) is 1.78. The first-order valence-electron chi connectivity index (χ1n) is 9.93. The SMILES string of the molecule is c1ccc2[nH]c(-c3ccc(-c4cc5cc(C6=NCCN6)ccc5[nH]4)cc3)cc2c1. The summed E-state index contributed by atoms with van der Waals surface area (Å²) in [5, 5.41) is 5.78. The van der Waals surface area contributed by atoms with Gasteiger partial charge in [0, 0.05) is 45.3 Å². The van der Waals surface area contributed by atoms with Crippen LogP contribution in [0.1, 0.15) is 5.56 Å². The third kappa shape index (κ3) is 2.81. The number of benzene rings is 3. The predicted molar refractivity (Wildman–Crippen MR) is 120 cm³/mol. The van der Waals surface area contributed by atoms with Gasteiger partial charge < -0.3 is 15.3 Å². The molecular formula is C25H20N4. The summed E-state index contributed by atoms with van der Waals surface area (Å²) in [6.07, 6.45) is 0. The van der Waals surface area contributed by atoms with Gasteiger partial charge in [-0.15, -0.1) is 0 Å². The van der Waals surface area contributed by atoms with Crippen LogP contribution in [0.25, 0.3) is 44.3 Å². The van der Waals surface area contributed by atoms with Gasteiger partial charge in [-0.2, -0.15) is 0 Å². The zero-order valence-corrected chi connectivity index (χ0v) is 15.9. The lowest BCUT2D eigenvalue weighted by Crippen LogP contribution is -2.19. The molecule has 2 aromatic heterocycles. The minimum atomic E-state index is 0.856. The summed E-state index contributed by atoms with van der Waals surface area (Å²) >= 11 is 0. The van der Waals surface area contributed by atoms with E-state index in [1.807, 2.05) is 0 Å². The van der Waals surface area contributed by atoms with Crippen LogP contribution in [0.2, 0.25) is 0 Å². The van der Waals surface area contributed by atoms with Crippen LogP contribution in [0.4, 0.5) is 0 Å². The summed E-state index contributed by atoms with van der Waals surface area (Å²) in [6, 6.07) is 27.9. The number of H-pyrrole nitrogens is 2. The molecular weight excluding hydrogens is 356 g/mol. The van der Waals surface area contributed by atoms with Gasteiger partial charge >= 0.3 is 0 Å². The average molecular weight is 376 g/mol. The molecule has 0 bridgehead atoms. The number of fused-ring (bicyclic) bond motifs is 2. The Labute approximate surface area is 168 Å². The Hall–Kier alpha value is -3.79. The molecule has 5 aromatic rings. The third-order valence-corrected chi connectivity index (χ3v) is 5.61. The zero-order chi connectivity index (χ0) is 19.2. The number of aliphatic imine (C=N–C) groups is 1. The molecule has 6 rings (SSSR count). The number of nitrogens with one attached hydrogen (secondary N) is 3. The highest BCUT2D eigenvalue weighted by atomic mass is 15.1. The fourth-order valence-electron chi connectivity index (χ4n) is 4.08. The Kier molecular flexibility index (Phi) is 3.56. The van der Waals surface area contributed by atoms with Crippen molar-refractivity contribution < 1.29 is 0 Å². The lowest BCUT2D eigenvalue weighted by atomic mass is 10.1. The van der Waals surface area contributed by atoms with Crippen LogP contribution in [0, 0.1) is 0 Å². The number of rotatable bonds is 3. The van der Waals surface area contributed by atoms with Crippen LogP contribution in [0.3, 0.4) is 0 Å². The molecule has 0 saturated heterocycles. The van der Waals surface area contributed by atoms with Crippen molar-refractivity contribution in [2.45, 2.75) is 0 Å². The van der Waals surface area contributed by atoms with E-state index >= 15 is 0 Å². The predicted octanol–water partition coefficient (Wildman–Crippen LogP) is 5.33. The first-order chi connectivity index (χ1) is 14.3. The Morgan fingerprint density at radius 1 is 0.621 bits per heavy atom. The third-order valence-electron chi connectivity index (χ3n) is 5.61. The molecule has 3 heterocycles. The van der Waals surface area contributed by atoms with Crippen LogP contribution in [0.15, 0.2) is 83.9 Å². The maximum absolute atomic E-state index is 4.52. The Morgan fingerprint density at radius 2 is 1.28 bits per heavy atom. The lowest BCUT2D eigenvalue weighted by Gasteiger charge is -2.01. The highest BCUT2D eigenvalue weighted by molar-refractivity contribution is 6.03. The van der Waals surface area contributed by atoms with Crippen LogP contribution >= 0.6 is 0 Å². The number of para-hydroxylation sites is 1. The number of hydrogen-bond acceptors (Lipinski definition) is 2. The van der Waals surface area contributed by atoms with Gasteiger partial charge in [0.1, 0.15) is 5.84 Å². The second-order valence-corrected chi connectivity index (χ2v) is 7.49. The van der Waals surface area contributed by atoms with E-state index in [-0.39, 0.29) is 0 Å². The minimum absolute atomic E-state index is 0.856. The number of amidine groups is 1. The van der Waals surface area contributed by atoms with E-state index in [1.54, 1.807) is 0 Å². The largest absolute Gasteiger partial charge is 0.368 e. The molecule has 1 aliphatic heterocycles. The fraction of sp³-hybridized carbons (Fsp3) is 0.0800. The summed E-state index contributed by atoms with van der Waals surface area (Å²) in [4.78, 5) is 11.6. The minimum Gasteiger partial charge on any atom is -0.368 e. The van der Waals surface area contributed by atoms with E-state index in [2.05, 4.69) is 99.1 Å². The van der Waals surface area contributed by atoms with Crippen molar-refractivity contribution in [3.05, 3.63) is 84.4 Å². The molecule has 4 nitrogen and oxygen atoms in total. The molecule has 0 fully saturated rings. The number of hydrogen-bond donors (Lipinski definition) is 3.